The zero-order valence-electron chi connectivity index (χ0n) is 46.3. The lowest BCUT2D eigenvalue weighted by molar-refractivity contribution is 1.14. The lowest BCUT2D eigenvalue weighted by Gasteiger charge is -2.30. The van der Waals surface area contributed by atoms with Crippen molar-refractivity contribution in [1.82, 2.24) is 14.1 Å². The van der Waals surface area contributed by atoms with E-state index in [1.165, 1.54) is 21.5 Å². The highest BCUT2D eigenvalue weighted by molar-refractivity contribution is 6.24. The molecule has 0 radical (unpaired) electrons. The van der Waals surface area contributed by atoms with Gasteiger partial charge in [0.1, 0.15) is 0 Å². The molecule has 0 atom stereocenters. The molecule has 12 aromatic carbocycles. The Morgan fingerprint density at radius 3 is 0.940 bits per heavy atom. The van der Waals surface area contributed by atoms with Gasteiger partial charge in [0.15, 0.2) is 0 Å². The highest BCUT2D eigenvalue weighted by Gasteiger charge is 2.25. The van der Waals surface area contributed by atoms with Gasteiger partial charge in [0, 0.05) is 89.5 Å². The van der Waals surface area contributed by atoms with Crippen LogP contribution in [0, 0.1) is 6.92 Å². The van der Waals surface area contributed by atoms with Gasteiger partial charge in [0.2, 0.25) is 0 Å². The summed E-state index contributed by atoms with van der Waals surface area (Å²) in [5, 5.41) is 4.73. The van der Waals surface area contributed by atoms with Crippen LogP contribution in [0.15, 0.2) is 322 Å². The van der Waals surface area contributed by atoms with Crippen LogP contribution < -0.4 is 14.7 Å². The second-order valence-corrected chi connectivity index (χ2v) is 21.3. The first-order valence-corrected chi connectivity index (χ1v) is 28.6. The molecule has 398 valence electrons. The summed E-state index contributed by atoms with van der Waals surface area (Å²) in [6.07, 6.45) is 0. The van der Waals surface area contributed by atoms with Gasteiger partial charge in [-0.3, -0.25) is 0 Å². The maximum atomic E-state index is 5.91. The molecule has 0 aliphatic heterocycles. The fourth-order valence-corrected chi connectivity index (χ4v) is 12.4. The maximum Gasteiger partial charge on any atom is 0.0788 e. The summed E-state index contributed by atoms with van der Waals surface area (Å²) in [6.45, 7) is 2.19. The smallest absolute Gasteiger partial charge is 0.0788 e. The third kappa shape index (κ3) is 8.99. The highest BCUT2D eigenvalue weighted by Crippen LogP contribution is 2.47. The normalized spacial score (nSPS) is 11.4. The minimum absolute atomic E-state index is 0.820. The number of para-hydroxylation sites is 9. The molecular weight excluding hydrogens is 1020 g/mol. The minimum atomic E-state index is 0.820. The molecule has 0 spiro atoms. The number of nitrogens with zero attached hydrogens (tertiary/aromatic N) is 6. The molecule has 3 heterocycles. The molecule has 0 amide bonds. The lowest BCUT2D eigenvalue weighted by Crippen LogP contribution is -2.13. The summed E-state index contributed by atoms with van der Waals surface area (Å²) < 4.78 is 4.96. The fraction of sp³-hybridized carbons (Fsp3) is 0.0128. The number of anilines is 9. The second kappa shape index (κ2) is 21.4. The van der Waals surface area contributed by atoms with Crippen LogP contribution in [0.25, 0.3) is 77.5 Å². The van der Waals surface area contributed by atoms with E-state index in [0.29, 0.717) is 0 Å². The van der Waals surface area contributed by atoms with Gasteiger partial charge in [-0.05, 0) is 158 Å². The van der Waals surface area contributed by atoms with Crippen molar-refractivity contribution >= 4 is 94.8 Å². The number of aryl methyl sites for hydroxylation is 1. The molecule has 0 saturated heterocycles. The van der Waals surface area contributed by atoms with Crippen LogP contribution in [0.4, 0.5) is 51.2 Å². The number of pyridine rings is 1. The molecule has 0 aliphatic rings. The molecular formula is C78H56N6. The third-order valence-corrected chi connectivity index (χ3v) is 16.0. The summed E-state index contributed by atoms with van der Waals surface area (Å²) in [7, 11) is 0. The molecule has 15 rings (SSSR count). The van der Waals surface area contributed by atoms with Crippen LogP contribution in [-0.4, -0.2) is 14.1 Å². The zero-order chi connectivity index (χ0) is 55.9. The number of hydrogen-bond donors (Lipinski definition) is 0. The third-order valence-electron chi connectivity index (χ3n) is 16.0. The van der Waals surface area contributed by atoms with E-state index in [4.69, 9.17) is 4.98 Å². The molecule has 6 nitrogen and oxygen atoms in total. The molecule has 3 aromatic heterocycles. The Labute approximate surface area is 488 Å². The van der Waals surface area contributed by atoms with E-state index in [2.05, 4.69) is 352 Å². The lowest BCUT2D eigenvalue weighted by atomic mass is 10.0. The van der Waals surface area contributed by atoms with Gasteiger partial charge in [-0.2, -0.15) is 0 Å². The predicted molar refractivity (Wildman–Crippen MR) is 353 cm³/mol. The van der Waals surface area contributed by atoms with Crippen molar-refractivity contribution in [3.63, 3.8) is 0 Å². The van der Waals surface area contributed by atoms with E-state index in [-0.39, 0.29) is 0 Å². The number of fused-ring (bicyclic) bond motifs is 7. The van der Waals surface area contributed by atoms with Crippen LogP contribution in [0.1, 0.15) is 5.56 Å². The molecule has 0 aliphatic carbocycles. The quantitative estimate of drug-likeness (QED) is 0.115. The maximum absolute atomic E-state index is 5.91. The average Bonchev–Trinajstić information content (AvgIpc) is 1.77. The Balaban J connectivity index is 1.06. The average molecular weight is 1080 g/mol. The van der Waals surface area contributed by atoms with Crippen LogP contribution >= 0.6 is 0 Å². The van der Waals surface area contributed by atoms with Crippen LogP contribution in [0.3, 0.4) is 0 Å². The topological polar surface area (TPSA) is 32.5 Å². The first kappa shape index (κ1) is 49.8. The van der Waals surface area contributed by atoms with Crippen LogP contribution in [-0.2, 0) is 0 Å². The standard InChI is InChI=1S/C78H56N6/c1-55-47-56(49-65(48-55)80(58-27-9-2-10-28-58)59-29-11-3-12-30-59)73-53-68(84-76-44-26-24-42-70(76)72-46-45-71-69-41-23-25-43-75(69)83(77(71)78(72)84)64-39-21-8-22-40-64)54-74(79-73)57-50-66(81(60-31-13-4-14-32-60)61-33-15-5-16-34-61)52-67(51-57)82(62-35-17-6-18-36-62)63-37-19-7-20-38-63/h2-54H,1H3. The Morgan fingerprint density at radius 2 is 0.560 bits per heavy atom. The van der Waals surface area contributed by atoms with E-state index in [0.717, 1.165) is 113 Å². The highest BCUT2D eigenvalue weighted by atomic mass is 15.2. The van der Waals surface area contributed by atoms with Crippen molar-refractivity contribution in [3.8, 4) is 33.9 Å². The number of rotatable bonds is 13. The Hall–Kier alpha value is -11.2. The van der Waals surface area contributed by atoms with E-state index >= 15 is 0 Å². The fourth-order valence-electron chi connectivity index (χ4n) is 12.4. The van der Waals surface area contributed by atoms with Gasteiger partial charge >= 0.3 is 0 Å². The van der Waals surface area contributed by atoms with Gasteiger partial charge in [-0.25, -0.2) is 4.98 Å². The molecule has 0 saturated carbocycles. The monoisotopic (exact) mass is 1080 g/mol. The largest absolute Gasteiger partial charge is 0.310 e. The zero-order valence-corrected chi connectivity index (χ0v) is 46.3. The van der Waals surface area contributed by atoms with Crippen molar-refractivity contribution in [2.45, 2.75) is 6.92 Å². The molecule has 0 bridgehead atoms. The minimum Gasteiger partial charge on any atom is -0.310 e. The number of benzene rings is 12. The molecule has 0 fully saturated rings. The van der Waals surface area contributed by atoms with E-state index < -0.39 is 0 Å². The molecule has 84 heavy (non-hydrogen) atoms. The SMILES string of the molecule is Cc1cc(-c2cc(-n3c4ccccc4c4ccc5c6ccccc6n(-c6ccccc6)c5c43)cc(-c3cc(N(c4ccccc4)c4ccccc4)cc(N(c4ccccc4)c4ccccc4)c3)n2)cc(N(c2ccccc2)c2ccccc2)c1. The van der Waals surface area contributed by atoms with Crippen molar-refractivity contribution in [2.75, 3.05) is 14.7 Å². The van der Waals surface area contributed by atoms with Crippen molar-refractivity contribution in [3.05, 3.63) is 327 Å². The Kier molecular flexibility index (Phi) is 12.7. The van der Waals surface area contributed by atoms with Gasteiger partial charge in [0.05, 0.1) is 39.1 Å². The van der Waals surface area contributed by atoms with Crippen molar-refractivity contribution in [1.29, 1.82) is 0 Å². The van der Waals surface area contributed by atoms with Gasteiger partial charge in [-0.15, -0.1) is 0 Å². The summed E-state index contributed by atoms with van der Waals surface area (Å²) in [4.78, 5) is 13.0. The first-order valence-electron chi connectivity index (χ1n) is 28.6. The van der Waals surface area contributed by atoms with Crippen LogP contribution in [0.5, 0.6) is 0 Å². The molecule has 0 N–H and O–H groups in total. The van der Waals surface area contributed by atoms with Gasteiger partial charge < -0.3 is 23.8 Å². The van der Waals surface area contributed by atoms with E-state index in [9.17, 15) is 0 Å². The first-order chi connectivity index (χ1) is 41.6. The molecule has 15 aromatic rings. The van der Waals surface area contributed by atoms with Gasteiger partial charge in [0.25, 0.3) is 0 Å². The molecule has 6 heteroatoms. The summed E-state index contributed by atoms with van der Waals surface area (Å²) in [6, 6.07) is 116. The Morgan fingerprint density at radius 1 is 0.250 bits per heavy atom. The Bertz CT molecular complexity index is 4610. The van der Waals surface area contributed by atoms with Crippen molar-refractivity contribution in [2.24, 2.45) is 0 Å². The van der Waals surface area contributed by atoms with Gasteiger partial charge in [-0.1, -0.05) is 176 Å². The van der Waals surface area contributed by atoms with Crippen LogP contribution in [0.2, 0.25) is 0 Å². The summed E-state index contributed by atoms with van der Waals surface area (Å²) >= 11 is 0. The molecule has 0 unspecified atom stereocenters. The summed E-state index contributed by atoms with van der Waals surface area (Å²) in [5.41, 5.74) is 20.6. The predicted octanol–water partition coefficient (Wildman–Crippen LogP) is 21.3. The van der Waals surface area contributed by atoms with E-state index in [1.54, 1.807) is 0 Å². The summed E-state index contributed by atoms with van der Waals surface area (Å²) in [5.74, 6) is 0. The number of aromatic nitrogens is 3. The number of hydrogen-bond acceptors (Lipinski definition) is 4. The second-order valence-electron chi connectivity index (χ2n) is 21.3. The van der Waals surface area contributed by atoms with E-state index in [1.807, 2.05) is 0 Å². The van der Waals surface area contributed by atoms with Crippen molar-refractivity contribution < 1.29 is 0 Å².